The van der Waals surface area contributed by atoms with Crippen LogP contribution < -0.4 is 5.73 Å². The van der Waals surface area contributed by atoms with Gasteiger partial charge in [-0.2, -0.15) is 0 Å². The predicted octanol–water partition coefficient (Wildman–Crippen LogP) is -1.50. The van der Waals surface area contributed by atoms with Gasteiger partial charge in [-0.25, -0.2) is 4.79 Å². The maximum absolute atomic E-state index is 10.0. The molecular formula is C7H7N3O4. The summed E-state index contributed by atoms with van der Waals surface area (Å²) < 4.78 is 4.84. The number of aliphatic carboxylic acids is 1. The number of carboxylic acid groups (broad SMARTS) is 1. The van der Waals surface area contributed by atoms with E-state index in [-0.39, 0.29) is 18.4 Å². The van der Waals surface area contributed by atoms with Crippen molar-refractivity contribution in [2.75, 3.05) is 6.61 Å². The van der Waals surface area contributed by atoms with Crippen LogP contribution in [0.1, 0.15) is 17.8 Å². The predicted molar refractivity (Wildman–Crippen MR) is 42.8 cm³/mol. The second-order valence-electron chi connectivity index (χ2n) is 2.29. The average Bonchev–Trinajstić information content (AvgIpc) is 2.62. The molecule has 1 rings (SSSR count). The zero-order valence-corrected chi connectivity index (χ0v) is 6.97. The van der Waals surface area contributed by atoms with Gasteiger partial charge in [-0.3, -0.25) is 0 Å². The Kier molecular flexibility index (Phi) is 3.17. The topological polar surface area (TPSA) is 122 Å². The smallest absolute Gasteiger partial charge is 0.382 e. The van der Waals surface area contributed by atoms with E-state index in [1.165, 1.54) is 0 Å². The molecule has 4 N–H and O–H groups in total. The fourth-order valence-corrected chi connectivity index (χ4v) is 0.620. The molecule has 74 valence electrons. The molecule has 0 aliphatic heterocycles. The van der Waals surface area contributed by atoms with Crippen molar-refractivity contribution < 1.29 is 19.4 Å². The molecule has 0 bridgehead atoms. The molecule has 1 unspecified atom stereocenters. The molecule has 1 aromatic rings. The Morgan fingerprint density at radius 1 is 1.64 bits per heavy atom. The highest BCUT2D eigenvalue weighted by Gasteiger charge is 2.11. The first-order valence-corrected chi connectivity index (χ1v) is 3.58. The van der Waals surface area contributed by atoms with Crippen LogP contribution in [0.2, 0.25) is 0 Å². The number of aliphatic hydroxyl groups is 1. The standard InChI is InChI=1S/C7H7N3O4/c8-4(3-11)7-10-9-5(14-7)1-2-6(12)13/h4,11H,3,8H2,(H,12,13). The largest absolute Gasteiger partial charge is 0.472 e. The van der Waals surface area contributed by atoms with Gasteiger partial charge in [-0.05, 0) is 0 Å². The van der Waals surface area contributed by atoms with Crippen molar-refractivity contribution in [3.05, 3.63) is 11.8 Å². The summed E-state index contributed by atoms with van der Waals surface area (Å²) in [6.07, 6.45) is 0. The maximum Gasteiger partial charge on any atom is 0.382 e. The van der Waals surface area contributed by atoms with Gasteiger partial charge >= 0.3 is 5.97 Å². The Morgan fingerprint density at radius 3 is 2.93 bits per heavy atom. The fraction of sp³-hybridized carbons (Fsp3) is 0.286. The summed E-state index contributed by atoms with van der Waals surface area (Å²) in [5.41, 5.74) is 5.35. The van der Waals surface area contributed by atoms with Gasteiger partial charge in [0.15, 0.2) is 0 Å². The lowest BCUT2D eigenvalue weighted by atomic mass is 10.3. The first-order valence-electron chi connectivity index (χ1n) is 3.58. The fourth-order valence-electron chi connectivity index (χ4n) is 0.620. The second kappa shape index (κ2) is 4.36. The molecule has 0 saturated heterocycles. The number of aromatic nitrogens is 2. The zero-order valence-electron chi connectivity index (χ0n) is 6.97. The van der Waals surface area contributed by atoms with E-state index in [4.69, 9.17) is 20.4 Å². The Balaban J connectivity index is 2.80. The highest BCUT2D eigenvalue weighted by atomic mass is 16.4. The molecule has 0 fully saturated rings. The van der Waals surface area contributed by atoms with Gasteiger partial charge in [0.05, 0.1) is 6.61 Å². The first kappa shape index (κ1) is 10.2. The van der Waals surface area contributed by atoms with E-state index in [2.05, 4.69) is 16.1 Å². The summed E-state index contributed by atoms with van der Waals surface area (Å²) in [5.74, 6) is 2.49. The van der Waals surface area contributed by atoms with E-state index in [0.29, 0.717) is 0 Å². The minimum Gasteiger partial charge on any atom is -0.472 e. The summed E-state index contributed by atoms with van der Waals surface area (Å²) in [4.78, 5) is 10.0. The van der Waals surface area contributed by atoms with Gasteiger partial charge in [0.2, 0.25) is 5.89 Å². The summed E-state index contributed by atoms with van der Waals surface area (Å²) in [6, 6.07) is -0.775. The number of carbonyl (C=O) groups is 1. The molecule has 7 nitrogen and oxygen atoms in total. The normalized spacial score (nSPS) is 11.6. The summed E-state index contributed by atoms with van der Waals surface area (Å²) in [6.45, 7) is -0.339. The lowest BCUT2D eigenvalue weighted by Gasteiger charge is -1.98. The molecule has 1 heterocycles. The van der Waals surface area contributed by atoms with Crippen LogP contribution in [0.5, 0.6) is 0 Å². The monoisotopic (exact) mass is 197 g/mol. The van der Waals surface area contributed by atoms with Gasteiger partial charge in [0.25, 0.3) is 5.89 Å². The molecule has 0 radical (unpaired) electrons. The summed E-state index contributed by atoms with van der Waals surface area (Å²) in [7, 11) is 0. The molecule has 0 aliphatic rings. The number of hydrogen-bond donors (Lipinski definition) is 3. The summed E-state index contributed by atoms with van der Waals surface area (Å²) >= 11 is 0. The van der Waals surface area contributed by atoms with Crippen LogP contribution in [0, 0.1) is 11.8 Å². The van der Waals surface area contributed by atoms with E-state index in [1.54, 1.807) is 5.92 Å². The summed E-state index contributed by atoms with van der Waals surface area (Å²) in [5, 5.41) is 23.7. The molecule has 1 aromatic heterocycles. The number of nitrogens with zero attached hydrogens (tertiary/aromatic N) is 2. The number of nitrogens with two attached hydrogens (primary N) is 1. The van der Waals surface area contributed by atoms with E-state index in [9.17, 15) is 4.79 Å². The minimum atomic E-state index is -1.30. The molecular weight excluding hydrogens is 190 g/mol. The molecule has 7 heteroatoms. The van der Waals surface area contributed by atoms with Crippen molar-refractivity contribution in [3.8, 4) is 11.8 Å². The van der Waals surface area contributed by atoms with Crippen LogP contribution in [-0.4, -0.2) is 33.0 Å². The third-order valence-electron chi connectivity index (χ3n) is 1.23. The highest BCUT2D eigenvalue weighted by molar-refractivity contribution is 5.86. The van der Waals surface area contributed by atoms with Crippen LogP contribution >= 0.6 is 0 Å². The van der Waals surface area contributed by atoms with Gasteiger partial charge in [-0.15, -0.1) is 5.10 Å². The first-order chi connectivity index (χ1) is 6.63. The maximum atomic E-state index is 10.0. The third kappa shape index (κ3) is 2.55. The van der Waals surface area contributed by atoms with E-state index >= 15 is 0 Å². The molecule has 0 amide bonds. The van der Waals surface area contributed by atoms with Crippen molar-refractivity contribution in [2.45, 2.75) is 6.04 Å². The number of aliphatic hydroxyl groups excluding tert-OH is 1. The van der Waals surface area contributed by atoms with E-state index < -0.39 is 12.0 Å². The van der Waals surface area contributed by atoms with Crippen molar-refractivity contribution >= 4 is 5.97 Å². The quantitative estimate of drug-likeness (QED) is 0.493. The number of hydrogen-bond acceptors (Lipinski definition) is 6. The van der Waals surface area contributed by atoms with Gasteiger partial charge < -0.3 is 20.4 Å². The van der Waals surface area contributed by atoms with Gasteiger partial charge in [0.1, 0.15) is 6.04 Å². The molecule has 0 aromatic carbocycles. The molecule has 0 saturated carbocycles. The number of carboxylic acids is 1. The molecule has 14 heavy (non-hydrogen) atoms. The Hall–Kier alpha value is -1.91. The van der Waals surface area contributed by atoms with Crippen molar-refractivity contribution in [1.29, 1.82) is 0 Å². The van der Waals surface area contributed by atoms with Crippen LogP contribution in [-0.2, 0) is 4.79 Å². The van der Waals surface area contributed by atoms with Crippen molar-refractivity contribution in [1.82, 2.24) is 10.2 Å². The van der Waals surface area contributed by atoms with Crippen LogP contribution in [0.25, 0.3) is 0 Å². The van der Waals surface area contributed by atoms with Crippen LogP contribution in [0.4, 0.5) is 0 Å². The molecule has 0 aliphatic carbocycles. The average molecular weight is 197 g/mol. The third-order valence-corrected chi connectivity index (χ3v) is 1.23. The van der Waals surface area contributed by atoms with Crippen molar-refractivity contribution in [3.63, 3.8) is 0 Å². The molecule has 0 spiro atoms. The van der Waals surface area contributed by atoms with Gasteiger partial charge in [-0.1, -0.05) is 5.10 Å². The minimum absolute atomic E-state index is 0.0159. The van der Waals surface area contributed by atoms with Crippen LogP contribution in [0.15, 0.2) is 4.42 Å². The highest BCUT2D eigenvalue weighted by Crippen LogP contribution is 2.06. The Labute approximate surface area is 78.5 Å². The lowest BCUT2D eigenvalue weighted by molar-refractivity contribution is -0.130. The zero-order chi connectivity index (χ0) is 10.6. The van der Waals surface area contributed by atoms with Crippen molar-refractivity contribution in [2.24, 2.45) is 5.73 Å². The van der Waals surface area contributed by atoms with E-state index in [0.717, 1.165) is 0 Å². The molecule has 1 atom stereocenters. The van der Waals surface area contributed by atoms with Gasteiger partial charge in [0, 0.05) is 11.8 Å². The van der Waals surface area contributed by atoms with E-state index in [1.807, 2.05) is 0 Å². The lowest BCUT2D eigenvalue weighted by Crippen LogP contribution is -2.14. The Bertz CT molecular complexity index is 389. The second-order valence-corrected chi connectivity index (χ2v) is 2.29. The van der Waals surface area contributed by atoms with Crippen LogP contribution in [0.3, 0.4) is 0 Å². The SMILES string of the molecule is NC(CO)c1nnc(C#CC(=O)O)o1. The number of rotatable bonds is 2. The Morgan fingerprint density at radius 2 is 2.36 bits per heavy atom.